The van der Waals surface area contributed by atoms with E-state index in [-0.39, 0.29) is 6.85 Å². The topological polar surface area (TPSA) is 17.4 Å². The van der Waals surface area contributed by atoms with Gasteiger partial charge in [-0.3, -0.25) is 0 Å². The molecule has 304 valence electrons. The lowest BCUT2D eigenvalue weighted by Crippen LogP contribution is -2.75. The Bertz CT molecular complexity index is 3440. The first-order valence-electron chi connectivity index (χ1n) is 22.5. The molecule has 11 aromatic rings. The first-order chi connectivity index (χ1) is 32.3. The largest absolute Gasteiger partial charge is 0.458 e. The van der Waals surface area contributed by atoms with Crippen LogP contribution in [0.3, 0.4) is 0 Å². The van der Waals surface area contributed by atoms with E-state index < -0.39 is 8.07 Å². The molecule has 0 spiro atoms. The molecule has 0 aliphatic carbocycles. The van der Waals surface area contributed by atoms with Gasteiger partial charge in [0, 0.05) is 38.7 Å². The monoisotopic (exact) mass is 844 g/mol. The summed E-state index contributed by atoms with van der Waals surface area (Å²) in [4.78, 5) is 2.53. The van der Waals surface area contributed by atoms with E-state index in [2.05, 4.69) is 258 Å². The van der Waals surface area contributed by atoms with Crippen LogP contribution in [-0.2, 0) is 0 Å². The van der Waals surface area contributed by atoms with Crippen LogP contribution in [0.2, 0.25) is 0 Å². The molecule has 10 aromatic carbocycles. The first kappa shape index (κ1) is 37.4. The summed E-state index contributed by atoms with van der Waals surface area (Å²) in [6, 6.07) is 91.4. The fraction of sp³-hybridized carbons (Fsp3) is 0. The molecule has 2 aliphatic rings. The summed E-state index contributed by atoms with van der Waals surface area (Å²) in [5.41, 5.74) is 12.8. The zero-order valence-electron chi connectivity index (χ0n) is 35.6. The van der Waals surface area contributed by atoms with Crippen LogP contribution >= 0.6 is 0 Å². The van der Waals surface area contributed by atoms with Gasteiger partial charge < -0.3 is 14.1 Å². The molecule has 13 rings (SSSR count). The Hall–Kier alpha value is -8.12. The van der Waals surface area contributed by atoms with Crippen molar-refractivity contribution in [2.45, 2.75) is 0 Å². The van der Waals surface area contributed by atoms with Crippen LogP contribution in [0.15, 0.2) is 249 Å². The fourth-order valence-electron chi connectivity index (χ4n) is 11.1. The third-order valence-corrected chi connectivity index (χ3v) is 18.6. The minimum absolute atomic E-state index is 0.141. The second kappa shape index (κ2) is 15.0. The molecular formula is C60H41BN2OSi. The summed E-state index contributed by atoms with van der Waals surface area (Å²) in [6.45, 7) is -0.141. The summed E-state index contributed by atoms with van der Waals surface area (Å²) < 4.78 is 9.92. The molecule has 0 atom stereocenters. The van der Waals surface area contributed by atoms with E-state index in [0.717, 1.165) is 39.5 Å². The van der Waals surface area contributed by atoms with E-state index in [1.54, 1.807) is 0 Å². The zero-order chi connectivity index (χ0) is 42.9. The van der Waals surface area contributed by atoms with Crippen molar-refractivity contribution in [1.29, 1.82) is 0 Å². The molecule has 0 unspecified atom stereocenters. The van der Waals surface area contributed by atoms with Gasteiger partial charge in [-0.25, -0.2) is 0 Å². The number of rotatable bonds is 7. The molecule has 3 heterocycles. The standard InChI is InChI=1S/C60H41BN2OSi/c1-5-21-43(22-6-1)63-57-36-20-16-32-51(57)52-39-42(48-29-13-17-33-54(48)62-55-34-18-14-30-49(55)50-31-15-19-35-56(50)62)40-59-60(52)61(63)53-38-37-47(41-58(53)64-59)65(44-23-7-2-8-24-44,45-25-9-3-10-26-45)46-27-11-4-12-28-46/h1-41H. The Balaban J connectivity index is 1.08. The fourth-order valence-corrected chi connectivity index (χ4v) is 15.8. The smallest absolute Gasteiger partial charge is 0.336 e. The normalized spacial score (nSPS) is 12.7. The van der Waals surface area contributed by atoms with Gasteiger partial charge in [-0.15, -0.1) is 0 Å². The van der Waals surface area contributed by atoms with Crippen molar-refractivity contribution in [2.24, 2.45) is 0 Å². The highest BCUT2D eigenvalue weighted by molar-refractivity contribution is 7.20. The lowest BCUT2D eigenvalue weighted by Gasteiger charge is -2.42. The van der Waals surface area contributed by atoms with Crippen LogP contribution in [0.25, 0.3) is 49.7 Å². The lowest BCUT2D eigenvalue weighted by atomic mass is 9.44. The van der Waals surface area contributed by atoms with Gasteiger partial charge in [0.1, 0.15) is 11.5 Å². The molecule has 3 nitrogen and oxygen atoms in total. The Morgan fingerprint density at radius 2 is 0.877 bits per heavy atom. The van der Waals surface area contributed by atoms with Crippen LogP contribution in [-0.4, -0.2) is 19.5 Å². The van der Waals surface area contributed by atoms with Crippen LogP contribution in [0.1, 0.15) is 0 Å². The van der Waals surface area contributed by atoms with E-state index in [1.165, 1.54) is 64.8 Å². The Morgan fingerprint density at radius 1 is 0.369 bits per heavy atom. The van der Waals surface area contributed by atoms with Crippen molar-refractivity contribution in [2.75, 3.05) is 4.81 Å². The average Bonchev–Trinajstić information content (AvgIpc) is 3.72. The van der Waals surface area contributed by atoms with E-state index >= 15 is 0 Å². The van der Waals surface area contributed by atoms with Crippen LogP contribution in [0.5, 0.6) is 11.5 Å². The van der Waals surface area contributed by atoms with Crippen molar-refractivity contribution in [3.63, 3.8) is 0 Å². The third kappa shape index (κ3) is 5.69. The molecule has 0 fully saturated rings. The quantitative estimate of drug-likeness (QED) is 0.117. The molecule has 0 saturated carbocycles. The Labute approximate surface area is 380 Å². The van der Waals surface area contributed by atoms with Crippen molar-refractivity contribution in [3.8, 4) is 39.4 Å². The maximum Gasteiger partial charge on any atom is 0.336 e. The Morgan fingerprint density at radius 3 is 1.49 bits per heavy atom. The predicted molar refractivity (Wildman–Crippen MR) is 275 cm³/mol. The van der Waals surface area contributed by atoms with Gasteiger partial charge >= 0.3 is 6.85 Å². The molecule has 0 N–H and O–H groups in total. The highest BCUT2D eigenvalue weighted by atomic mass is 28.3. The SMILES string of the molecule is c1ccc(N2B3c4ccc([Si](c5ccccc5)(c5ccccc5)c5ccccc5)cc4Oc4cc(-c5ccccc5-n5c6ccccc6c6ccccc65)cc(c43)-c3ccccc32)cc1. The molecule has 2 aliphatic heterocycles. The van der Waals surface area contributed by atoms with Crippen molar-refractivity contribution < 1.29 is 4.74 Å². The first-order valence-corrected chi connectivity index (χ1v) is 24.5. The maximum atomic E-state index is 7.49. The summed E-state index contributed by atoms with van der Waals surface area (Å²) >= 11 is 0. The van der Waals surface area contributed by atoms with Crippen LogP contribution < -0.4 is 41.2 Å². The van der Waals surface area contributed by atoms with Crippen molar-refractivity contribution in [3.05, 3.63) is 249 Å². The molecule has 0 bridgehead atoms. The van der Waals surface area contributed by atoms with Gasteiger partial charge in [0.2, 0.25) is 0 Å². The van der Waals surface area contributed by atoms with Gasteiger partial charge in [-0.1, -0.05) is 194 Å². The Kier molecular flexibility index (Phi) is 8.65. The molecule has 0 radical (unpaired) electrons. The average molecular weight is 845 g/mol. The summed E-state index contributed by atoms with van der Waals surface area (Å²) in [5.74, 6) is 1.77. The summed E-state index contributed by atoms with van der Waals surface area (Å²) in [7, 11) is -2.86. The number of hydrogen-bond acceptors (Lipinski definition) is 2. The second-order valence-electron chi connectivity index (χ2n) is 17.2. The van der Waals surface area contributed by atoms with Crippen LogP contribution in [0.4, 0.5) is 11.4 Å². The zero-order valence-corrected chi connectivity index (χ0v) is 36.6. The molecule has 0 saturated heterocycles. The number of ether oxygens (including phenoxy) is 1. The van der Waals surface area contributed by atoms with Gasteiger partial charge in [0.25, 0.3) is 0 Å². The number of anilines is 2. The molecular weight excluding hydrogens is 804 g/mol. The highest BCUT2D eigenvalue weighted by Gasteiger charge is 2.46. The third-order valence-electron chi connectivity index (χ3n) is 13.8. The molecule has 5 heteroatoms. The number of benzene rings is 10. The lowest BCUT2D eigenvalue weighted by molar-refractivity contribution is 0.488. The van der Waals surface area contributed by atoms with Crippen molar-refractivity contribution in [1.82, 2.24) is 4.57 Å². The second-order valence-corrected chi connectivity index (χ2v) is 21.0. The minimum Gasteiger partial charge on any atom is -0.458 e. The summed E-state index contributed by atoms with van der Waals surface area (Å²) in [6.07, 6.45) is 0. The van der Waals surface area contributed by atoms with Gasteiger partial charge in [-0.05, 0) is 91.9 Å². The van der Waals surface area contributed by atoms with E-state index in [9.17, 15) is 0 Å². The highest BCUT2D eigenvalue weighted by Crippen LogP contribution is 2.46. The number of para-hydroxylation sites is 5. The van der Waals surface area contributed by atoms with Crippen molar-refractivity contribution >= 4 is 79.8 Å². The van der Waals surface area contributed by atoms with E-state index in [1.807, 2.05) is 0 Å². The summed E-state index contributed by atoms with van der Waals surface area (Å²) in [5, 5.41) is 7.76. The molecule has 65 heavy (non-hydrogen) atoms. The van der Waals surface area contributed by atoms with Gasteiger partial charge in [-0.2, -0.15) is 0 Å². The number of nitrogens with zero attached hydrogens (tertiary/aromatic N) is 2. The minimum atomic E-state index is -2.86. The van der Waals surface area contributed by atoms with E-state index in [0.29, 0.717) is 0 Å². The van der Waals surface area contributed by atoms with Crippen LogP contribution in [0, 0.1) is 0 Å². The van der Waals surface area contributed by atoms with Gasteiger partial charge in [0.15, 0.2) is 8.07 Å². The maximum absolute atomic E-state index is 7.49. The van der Waals surface area contributed by atoms with Gasteiger partial charge in [0.05, 0.1) is 16.7 Å². The molecule has 1 aromatic heterocycles. The number of fused-ring (bicyclic) bond motifs is 7. The van der Waals surface area contributed by atoms with E-state index in [4.69, 9.17) is 4.74 Å². The number of aromatic nitrogens is 1. The number of hydrogen-bond donors (Lipinski definition) is 0. The molecule has 0 amide bonds. The predicted octanol–water partition coefficient (Wildman–Crippen LogP) is 10.9.